The van der Waals surface area contributed by atoms with Gasteiger partial charge in [0.2, 0.25) is 16.8 Å². The molecule has 12 heteroatoms. The van der Waals surface area contributed by atoms with Gasteiger partial charge < -0.3 is 10.1 Å². The lowest BCUT2D eigenvalue weighted by Crippen LogP contribution is -2.11. The summed E-state index contributed by atoms with van der Waals surface area (Å²) in [6.07, 6.45) is 3.63. The van der Waals surface area contributed by atoms with E-state index in [1.807, 2.05) is 0 Å². The van der Waals surface area contributed by atoms with E-state index in [-0.39, 0.29) is 24.5 Å². The van der Waals surface area contributed by atoms with Gasteiger partial charge in [0, 0.05) is 48.0 Å². The molecule has 0 saturated carbocycles. The summed E-state index contributed by atoms with van der Waals surface area (Å²) < 4.78 is 59.6. The molecule has 2 aromatic carbocycles. The Balaban J connectivity index is 1.43. The molecule has 2 N–H and O–H groups in total. The van der Waals surface area contributed by atoms with Gasteiger partial charge in [0.05, 0.1) is 6.61 Å². The Labute approximate surface area is 188 Å². The molecular formula is C21H18F2N6O3S. The first-order chi connectivity index (χ1) is 16.0. The first-order valence-corrected chi connectivity index (χ1v) is 11.2. The molecule has 0 atom stereocenters. The zero-order valence-electron chi connectivity index (χ0n) is 17.1. The number of hydrogen-bond acceptors (Lipinski definition) is 7. The van der Waals surface area contributed by atoms with Crippen LogP contribution in [0.3, 0.4) is 0 Å². The molecule has 0 saturated heterocycles. The van der Waals surface area contributed by atoms with Gasteiger partial charge >= 0.3 is 0 Å². The first kappa shape index (κ1) is 21.2. The third-order valence-electron chi connectivity index (χ3n) is 5.46. The Morgan fingerprint density at radius 2 is 2.00 bits per heavy atom. The lowest BCUT2D eigenvalue weighted by molar-refractivity contribution is 0.356. The molecule has 0 bridgehead atoms. The lowest BCUT2D eigenvalue weighted by atomic mass is 10.0. The topological polar surface area (TPSA) is 111 Å². The minimum absolute atomic E-state index is 0.142. The highest BCUT2D eigenvalue weighted by Crippen LogP contribution is 2.31. The summed E-state index contributed by atoms with van der Waals surface area (Å²) in [5, 5.41) is 11.2. The van der Waals surface area contributed by atoms with Gasteiger partial charge in [0.1, 0.15) is 23.7 Å². The maximum atomic E-state index is 14.5. The molecule has 2 aromatic heterocycles. The largest absolute Gasteiger partial charge is 0.493 e. The zero-order chi connectivity index (χ0) is 22.9. The van der Waals surface area contributed by atoms with Crippen LogP contribution in [0.5, 0.6) is 5.75 Å². The third kappa shape index (κ3) is 4.10. The molecule has 0 aliphatic carbocycles. The predicted octanol–water partition coefficient (Wildman–Crippen LogP) is 2.23. The number of hydrogen-bond donors (Lipinski definition) is 3. The van der Waals surface area contributed by atoms with Gasteiger partial charge in [-0.05, 0) is 23.8 Å². The van der Waals surface area contributed by atoms with E-state index in [0.717, 1.165) is 5.56 Å². The molecule has 3 heterocycles. The van der Waals surface area contributed by atoms with Crippen molar-refractivity contribution < 1.29 is 21.9 Å². The zero-order valence-corrected chi connectivity index (χ0v) is 18.0. The normalized spacial score (nSPS) is 12.8. The van der Waals surface area contributed by atoms with Crippen LogP contribution in [0.2, 0.25) is 0 Å². The van der Waals surface area contributed by atoms with Gasteiger partial charge in [-0.3, -0.25) is 4.40 Å². The average molecular weight is 472 g/mol. The van der Waals surface area contributed by atoms with E-state index in [9.17, 15) is 17.2 Å². The quantitative estimate of drug-likeness (QED) is 0.354. The van der Waals surface area contributed by atoms with Crippen LogP contribution in [0.4, 0.5) is 14.7 Å². The van der Waals surface area contributed by atoms with Crippen LogP contribution >= 0.6 is 0 Å². The number of thiol groups is 1. The molecule has 1 aliphatic rings. The van der Waals surface area contributed by atoms with E-state index in [1.54, 1.807) is 16.5 Å². The van der Waals surface area contributed by atoms with E-state index in [4.69, 9.17) is 4.74 Å². The number of nitrogens with zero attached hydrogens (tertiary/aromatic N) is 4. The fraction of sp³-hybridized carbons (Fsp3) is 0.190. The van der Waals surface area contributed by atoms with E-state index in [2.05, 4.69) is 25.2 Å². The van der Waals surface area contributed by atoms with Crippen LogP contribution in [-0.4, -0.2) is 34.6 Å². The summed E-state index contributed by atoms with van der Waals surface area (Å²) in [5.41, 5.74) is 3.04. The van der Waals surface area contributed by atoms with Gasteiger partial charge in [-0.2, -0.15) is 0 Å². The first-order valence-electron chi connectivity index (χ1n) is 10.0. The van der Waals surface area contributed by atoms with E-state index in [1.165, 1.54) is 30.7 Å². The second-order valence-corrected chi connectivity index (χ2v) is 8.20. The van der Waals surface area contributed by atoms with Crippen molar-refractivity contribution >= 4 is 22.5 Å². The van der Waals surface area contributed by atoms with Crippen molar-refractivity contribution in [3.8, 4) is 16.9 Å². The van der Waals surface area contributed by atoms with Crippen LogP contribution in [0.25, 0.3) is 16.8 Å². The Morgan fingerprint density at radius 3 is 2.82 bits per heavy atom. The number of benzene rings is 2. The maximum absolute atomic E-state index is 14.5. The number of rotatable bonds is 7. The Bertz CT molecular complexity index is 1430. The third-order valence-corrected chi connectivity index (χ3v) is 5.88. The molecule has 170 valence electrons. The van der Waals surface area contributed by atoms with Crippen LogP contribution in [0.1, 0.15) is 16.7 Å². The molecule has 5 rings (SSSR count). The van der Waals surface area contributed by atoms with Crippen LogP contribution in [0.15, 0.2) is 42.9 Å². The Kier molecular flexibility index (Phi) is 5.60. The van der Waals surface area contributed by atoms with Crippen LogP contribution < -0.4 is 14.8 Å². The smallest absolute Gasteiger partial charge is 0.210 e. The molecule has 9 nitrogen and oxygen atoms in total. The number of aromatic nitrogens is 4. The molecule has 33 heavy (non-hydrogen) atoms. The van der Waals surface area contributed by atoms with Gasteiger partial charge in [-0.1, -0.05) is 12.1 Å². The summed E-state index contributed by atoms with van der Waals surface area (Å²) in [5.74, 6) is 0.200. The predicted molar refractivity (Wildman–Crippen MR) is 116 cm³/mol. The number of halogens is 2. The Hall–Kier alpha value is -3.64. The summed E-state index contributed by atoms with van der Waals surface area (Å²) in [4.78, 5) is 4.41. The number of ether oxygens (including phenoxy) is 1. The van der Waals surface area contributed by atoms with Gasteiger partial charge in [-0.25, -0.2) is 26.9 Å². The summed E-state index contributed by atoms with van der Waals surface area (Å²) in [6, 6.07) is 7.45. The van der Waals surface area contributed by atoms with E-state index >= 15 is 0 Å². The highest BCUT2D eigenvalue weighted by molar-refractivity contribution is 7.70. The van der Waals surface area contributed by atoms with Gasteiger partial charge in [0.25, 0.3) is 0 Å². The van der Waals surface area contributed by atoms with Crippen molar-refractivity contribution in [2.75, 3.05) is 11.9 Å². The van der Waals surface area contributed by atoms with Crippen molar-refractivity contribution in [2.24, 2.45) is 0 Å². The highest BCUT2D eigenvalue weighted by Gasteiger charge is 2.20. The summed E-state index contributed by atoms with van der Waals surface area (Å²) in [7, 11) is -2.82. The molecule has 0 spiro atoms. The van der Waals surface area contributed by atoms with Crippen molar-refractivity contribution in [1.29, 1.82) is 0 Å². The Morgan fingerprint density at radius 1 is 1.12 bits per heavy atom. The lowest BCUT2D eigenvalue weighted by Gasteiger charge is -2.13. The summed E-state index contributed by atoms with van der Waals surface area (Å²) >= 11 is 0. The maximum Gasteiger partial charge on any atom is 0.210 e. The standard InChI is InChI=1S/C21H18F2N6O3S/c22-17-3-4-19-14(5-6-32-19)16(17)10-25-21-24-9-15(20-28-26-11-29(20)21)12-1-2-13(18(23)7-12)8-27-33(30)31/h1-4,7,9,11,33H,5-6,8,10H2,(H,24,25)(H,27,30,31). The van der Waals surface area contributed by atoms with Crippen molar-refractivity contribution in [3.05, 3.63) is 71.2 Å². The number of fused-ring (bicyclic) bond motifs is 2. The molecular weight excluding hydrogens is 454 g/mol. The summed E-state index contributed by atoms with van der Waals surface area (Å²) in [6.45, 7) is 0.572. The SMILES string of the molecule is O=[SH](=O)NCc1ccc(-c2cnc(NCc3c(F)ccc4c3CCO4)n3cnnc23)cc1F. The molecule has 0 radical (unpaired) electrons. The fourth-order valence-corrected chi connectivity index (χ4v) is 4.13. The highest BCUT2D eigenvalue weighted by atomic mass is 32.2. The molecule has 0 fully saturated rings. The second kappa shape index (κ2) is 8.71. The second-order valence-electron chi connectivity index (χ2n) is 7.37. The van der Waals surface area contributed by atoms with Crippen molar-refractivity contribution in [3.63, 3.8) is 0 Å². The number of anilines is 1. The minimum atomic E-state index is -2.82. The van der Waals surface area contributed by atoms with Crippen LogP contribution in [-0.2, 0) is 30.4 Å². The van der Waals surface area contributed by atoms with Crippen molar-refractivity contribution in [1.82, 2.24) is 24.3 Å². The minimum Gasteiger partial charge on any atom is -0.493 e. The molecule has 1 aliphatic heterocycles. The van der Waals surface area contributed by atoms with E-state index in [0.29, 0.717) is 47.1 Å². The van der Waals surface area contributed by atoms with E-state index < -0.39 is 16.7 Å². The number of nitrogens with one attached hydrogen (secondary N) is 2. The van der Waals surface area contributed by atoms with Gasteiger partial charge in [-0.15, -0.1) is 10.2 Å². The average Bonchev–Trinajstić information content (AvgIpc) is 3.47. The molecule has 0 amide bonds. The van der Waals surface area contributed by atoms with Crippen molar-refractivity contribution in [2.45, 2.75) is 19.5 Å². The van der Waals surface area contributed by atoms with Crippen LogP contribution in [0, 0.1) is 11.6 Å². The molecule has 4 aromatic rings. The van der Waals surface area contributed by atoms with Gasteiger partial charge in [0.15, 0.2) is 5.65 Å². The monoisotopic (exact) mass is 472 g/mol. The molecule has 0 unspecified atom stereocenters. The fourth-order valence-electron chi connectivity index (χ4n) is 3.84.